The standard InChI is InChI=1S/C19H19NO5.CO2/c1-20(2)17(22)16(14-9-5-3-6-10-14)19(24-13-21)25-18(23)15-11-7-4-8-12-15;2-1-3/h3-13,16,19H,1-2H3;/t16-,19+;/m0./s1. The summed E-state index contributed by atoms with van der Waals surface area (Å²) in [6.45, 7) is 0.168. The molecule has 1 amide bonds. The van der Waals surface area contributed by atoms with Gasteiger partial charge in [-0.3, -0.25) is 9.59 Å². The van der Waals surface area contributed by atoms with Crippen molar-refractivity contribution in [3.8, 4) is 0 Å². The Morgan fingerprint density at radius 1 is 0.964 bits per heavy atom. The van der Waals surface area contributed by atoms with Crippen molar-refractivity contribution in [2.75, 3.05) is 14.1 Å². The summed E-state index contributed by atoms with van der Waals surface area (Å²) < 4.78 is 10.3. The van der Waals surface area contributed by atoms with Crippen molar-refractivity contribution in [2.45, 2.75) is 12.2 Å². The second-order valence-corrected chi connectivity index (χ2v) is 5.58. The van der Waals surface area contributed by atoms with Gasteiger partial charge in [-0.05, 0) is 17.7 Å². The van der Waals surface area contributed by atoms with Gasteiger partial charge in [0.2, 0.25) is 5.91 Å². The van der Waals surface area contributed by atoms with E-state index in [-0.39, 0.29) is 18.5 Å². The van der Waals surface area contributed by atoms with Crippen molar-refractivity contribution in [2.24, 2.45) is 0 Å². The SMILES string of the molecule is CN(C)C(=O)[C@H](c1ccccc1)[C@H](OC=O)OC(=O)c1ccccc1.O=C=O. The molecule has 0 bridgehead atoms. The van der Waals surface area contributed by atoms with Gasteiger partial charge in [0, 0.05) is 14.1 Å². The van der Waals surface area contributed by atoms with E-state index < -0.39 is 18.2 Å². The summed E-state index contributed by atoms with van der Waals surface area (Å²) in [5.41, 5.74) is 0.875. The lowest BCUT2D eigenvalue weighted by Crippen LogP contribution is -2.39. The number of hydrogen-bond acceptors (Lipinski definition) is 7. The Morgan fingerprint density at radius 3 is 1.93 bits per heavy atom. The molecule has 0 aliphatic rings. The van der Waals surface area contributed by atoms with Crippen LogP contribution in [0.4, 0.5) is 0 Å². The minimum absolute atomic E-state index is 0.168. The molecule has 2 atom stereocenters. The van der Waals surface area contributed by atoms with Gasteiger partial charge in [-0.2, -0.15) is 9.59 Å². The zero-order valence-corrected chi connectivity index (χ0v) is 15.3. The second kappa shape index (κ2) is 11.8. The summed E-state index contributed by atoms with van der Waals surface area (Å²) in [5.74, 6) is -1.99. The van der Waals surface area contributed by atoms with Crippen molar-refractivity contribution in [3.05, 3.63) is 71.8 Å². The molecule has 0 saturated carbocycles. The van der Waals surface area contributed by atoms with Crippen LogP contribution in [0.2, 0.25) is 0 Å². The zero-order valence-electron chi connectivity index (χ0n) is 15.3. The van der Waals surface area contributed by atoms with E-state index in [9.17, 15) is 14.4 Å². The lowest BCUT2D eigenvalue weighted by atomic mass is 9.97. The summed E-state index contributed by atoms with van der Waals surface area (Å²) in [4.78, 5) is 53.5. The first-order valence-electron chi connectivity index (χ1n) is 8.06. The van der Waals surface area contributed by atoms with E-state index in [0.29, 0.717) is 11.1 Å². The minimum atomic E-state index is -1.37. The smallest absolute Gasteiger partial charge is 0.373 e. The molecular weight excluding hydrogens is 366 g/mol. The number of nitrogens with zero attached hydrogens (tertiary/aromatic N) is 1. The fourth-order valence-electron chi connectivity index (χ4n) is 2.33. The Morgan fingerprint density at radius 2 is 1.46 bits per heavy atom. The van der Waals surface area contributed by atoms with Gasteiger partial charge in [0.25, 0.3) is 12.8 Å². The molecule has 8 heteroatoms. The predicted molar refractivity (Wildman–Crippen MR) is 95.7 cm³/mol. The lowest BCUT2D eigenvalue weighted by Gasteiger charge is -2.27. The van der Waals surface area contributed by atoms with Gasteiger partial charge in [-0.1, -0.05) is 48.5 Å². The van der Waals surface area contributed by atoms with E-state index in [0.717, 1.165) is 0 Å². The Hall–Kier alpha value is -3.77. The highest BCUT2D eigenvalue weighted by molar-refractivity contribution is 5.90. The fraction of sp³-hybridized carbons (Fsp3) is 0.200. The average Bonchev–Trinajstić information content (AvgIpc) is 2.70. The third-order valence-electron chi connectivity index (χ3n) is 3.56. The van der Waals surface area contributed by atoms with Crippen molar-refractivity contribution < 1.29 is 33.4 Å². The molecule has 0 radical (unpaired) electrons. The van der Waals surface area contributed by atoms with Crippen LogP contribution in [0.25, 0.3) is 0 Å². The molecule has 0 heterocycles. The highest BCUT2D eigenvalue weighted by atomic mass is 16.7. The fourth-order valence-corrected chi connectivity index (χ4v) is 2.33. The van der Waals surface area contributed by atoms with Gasteiger partial charge in [0.05, 0.1) is 5.56 Å². The Balaban J connectivity index is 0.00000122. The first kappa shape index (κ1) is 22.3. The van der Waals surface area contributed by atoms with Gasteiger partial charge in [0.15, 0.2) is 0 Å². The lowest BCUT2D eigenvalue weighted by molar-refractivity contribution is -0.191. The minimum Gasteiger partial charge on any atom is -0.426 e. The summed E-state index contributed by atoms with van der Waals surface area (Å²) in [5, 5.41) is 0. The van der Waals surface area contributed by atoms with Gasteiger partial charge < -0.3 is 14.4 Å². The Bertz CT molecular complexity index is 800. The van der Waals surface area contributed by atoms with Crippen LogP contribution in [0.15, 0.2) is 60.7 Å². The normalized spacial score (nSPS) is 11.5. The zero-order chi connectivity index (χ0) is 20.9. The number of likely N-dealkylation sites (N-methyl/N-ethyl adjacent to an activating group) is 1. The van der Waals surface area contributed by atoms with Crippen LogP contribution in [-0.4, -0.2) is 49.8 Å². The van der Waals surface area contributed by atoms with Crippen LogP contribution in [0.5, 0.6) is 0 Å². The maximum absolute atomic E-state index is 12.6. The Labute approximate surface area is 161 Å². The van der Waals surface area contributed by atoms with E-state index in [1.807, 2.05) is 0 Å². The quantitative estimate of drug-likeness (QED) is 0.405. The third-order valence-corrected chi connectivity index (χ3v) is 3.56. The van der Waals surface area contributed by atoms with Crippen molar-refractivity contribution >= 4 is 24.5 Å². The average molecular weight is 385 g/mol. The molecule has 0 saturated heterocycles. The number of carbonyl (C=O) groups is 3. The van der Waals surface area contributed by atoms with Gasteiger partial charge in [-0.25, -0.2) is 4.79 Å². The summed E-state index contributed by atoms with van der Waals surface area (Å²) in [7, 11) is 3.16. The number of carbonyl (C=O) groups excluding carboxylic acids is 5. The van der Waals surface area contributed by atoms with Gasteiger partial charge in [-0.15, -0.1) is 0 Å². The molecule has 8 nitrogen and oxygen atoms in total. The predicted octanol–water partition coefficient (Wildman–Crippen LogP) is 1.63. The molecular formula is C20H19NO7. The molecule has 0 N–H and O–H groups in total. The summed E-state index contributed by atoms with van der Waals surface area (Å²) in [6, 6.07) is 17.0. The summed E-state index contributed by atoms with van der Waals surface area (Å²) in [6.07, 6.45) is -1.12. The first-order chi connectivity index (χ1) is 13.5. The highest BCUT2D eigenvalue weighted by Gasteiger charge is 2.35. The maximum Gasteiger partial charge on any atom is 0.373 e. The number of esters is 1. The van der Waals surface area contributed by atoms with Crippen LogP contribution in [0.3, 0.4) is 0 Å². The molecule has 28 heavy (non-hydrogen) atoms. The topological polar surface area (TPSA) is 107 Å². The van der Waals surface area contributed by atoms with Crippen LogP contribution < -0.4 is 0 Å². The summed E-state index contributed by atoms with van der Waals surface area (Å²) >= 11 is 0. The molecule has 0 unspecified atom stereocenters. The number of rotatable bonds is 7. The number of amides is 1. The Kier molecular flexibility index (Phi) is 9.36. The molecule has 0 fully saturated rings. The molecule has 2 aromatic carbocycles. The van der Waals surface area contributed by atoms with E-state index >= 15 is 0 Å². The highest BCUT2D eigenvalue weighted by Crippen LogP contribution is 2.25. The van der Waals surface area contributed by atoms with Gasteiger partial charge >= 0.3 is 12.1 Å². The van der Waals surface area contributed by atoms with Gasteiger partial charge in [0.1, 0.15) is 5.92 Å². The van der Waals surface area contributed by atoms with Crippen LogP contribution in [0, 0.1) is 0 Å². The first-order valence-corrected chi connectivity index (χ1v) is 8.06. The van der Waals surface area contributed by atoms with Crippen molar-refractivity contribution in [1.82, 2.24) is 4.90 Å². The van der Waals surface area contributed by atoms with E-state index in [2.05, 4.69) is 0 Å². The number of hydrogen-bond donors (Lipinski definition) is 0. The van der Waals surface area contributed by atoms with E-state index in [1.165, 1.54) is 4.90 Å². The molecule has 0 spiro atoms. The number of benzene rings is 2. The largest absolute Gasteiger partial charge is 0.426 e. The molecule has 2 rings (SSSR count). The van der Waals surface area contributed by atoms with Crippen molar-refractivity contribution in [1.29, 1.82) is 0 Å². The molecule has 146 valence electrons. The van der Waals surface area contributed by atoms with Crippen LogP contribution in [0.1, 0.15) is 21.8 Å². The molecule has 2 aromatic rings. The number of ether oxygens (including phenoxy) is 2. The van der Waals surface area contributed by atoms with Crippen LogP contribution in [-0.2, 0) is 28.7 Å². The second-order valence-electron chi connectivity index (χ2n) is 5.58. The molecule has 0 aromatic heterocycles. The van der Waals surface area contributed by atoms with E-state index in [4.69, 9.17) is 19.1 Å². The van der Waals surface area contributed by atoms with E-state index in [1.54, 1.807) is 74.8 Å². The maximum atomic E-state index is 12.6. The molecule has 0 aliphatic heterocycles. The molecule has 0 aliphatic carbocycles. The van der Waals surface area contributed by atoms with Crippen molar-refractivity contribution in [3.63, 3.8) is 0 Å². The monoisotopic (exact) mass is 385 g/mol. The van der Waals surface area contributed by atoms with Crippen LogP contribution >= 0.6 is 0 Å². The third kappa shape index (κ3) is 6.51.